The molecular formula is C21H24BNO5. The lowest BCUT2D eigenvalue weighted by Crippen LogP contribution is -2.53. The maximum atomic E-state index is 12.3. The van der Waals surface area contributed by atoms with Gasteiger partial charge in [0.2, 0.25) is 5.91 Å². The standard InChI is InChI=1S/C21H24BNO5/c1-2-3-12-27-21(25)17-11-7-10-16-14-18(22(26)28-20(16)17)23-19(24)13-15-8-5-4-6-9-15/h4-11,18,26H,2-3,12-14H2,1H3,(H,23,24)/t18-/m0/s1. The van der Waals surface area contributed by atoms with Crippen LogP contribution in [0.4, 0.5) is 0 Å². The van der Waals surface area contributed by atoms with E-state index < -0.39 is 19.0 Å². The second-order valence-corrected chi connectivity index (χ2v) is 6.83. The van der Waals surface area contributed by atoms with Crippen LogP contribution in [0.1, 0.15) is 41.3 Å². The highest BCUT2D eigenvalue weighted by molar-refractivity contribution is 6.47. The highest BCUT2D eigenvalue weighted by Crippen LogP contribution is 2.30. The number of esters is 1. The van der Waals surface area contributed by atoms with E-state index in [9.17, 15) is 14.6 Å². The van der Waals surface area contributed by atoms with Gasteiger partial charge < -0.3 is 19.7 Å². The van der Waals surface area contributed by atoms with Crippen molar-refractivity contribution in [1.82, 2.24) is 5.32 Å². The maximum absolute atomic E-state index is 12.3. The monoisotopic (exact) mass is 381 g/mol. The number of carbonyl (C=O) groups is 2. The lowest BCUT2D eigenvalue weighted by atomic mass is 9.72. The molecule has 1 aliphatic heterocycles. The van der Waals surface area contributed by atoms with Crippen LogP contribution in [-0.2, 0) is 22.4 Å². The maximum Gasteiger partial charge on any atom is 0.547 e. The summed E-state index contributed by atoms with van der Waals surface area (Å²) in [5.74, 6) is -0.929. The molecule has 0 aliphatic carbocycles. The average Bonchev–Trinajstić information content (AvgIpc) is 2.69. The minimum absolute atomic E-state index is 0.197. The SMILES string of the molecule is CCCCOC(=O)c1cccc2c1OB(O)[C@@H](NC(=O)Cc1ccccc1)C2. The molecule has 1 atom stereocenters. The van der Waals surface area contributed by atoms with Crippen molar-refractivity contribution in [1.29, 1.82) is 0 Å². The highest BCUT2D eigenvalue weighted by Gasteiger charge is 2.37. The fraction of sp³-hybridized carbons (Fsp3) is 0.333. The van der Waals surface area contributed by atoms with Gasteiger partial charge in [-0.1, -0.05) is 55.8 Å². The molecule has 0 radical (unpaired) electrons. The van der Waals surface area contributed by atoms with Crippen molar-refractivity contribution >= 4 is 19.0 Å². The fourth-order valence-corrected chi connectivity index (χ4v) is 3.13. The van der Waals surface area contributed by atoms with Crippen molar-refractivity contribution in [3.63, 3.8) is 0 Å². The molecule has 1 heterocycles. The third-order valence-electron chi connectivity index (χ3n) is 4.62. The first-order valence-corrected chi connectivity index (χ1v) is 9.55. The summed E-state index contributed by atoms with van der Waals surface area (Å²) in [5, 5.41) is 13.2. The summed E-state index contributed by atoms with van der Waals surface area (Å²) in [4.78, 5) is 24.6. The van der Waals surface area contributed by atoms with E-state index in [0.717, 1.165) is 24.0 Å². The van der Waals surface area contributed by atoms with Crippen molar-refractivity contribution in [3.8, 4) is 5.75 Å². The number of rotatable bonds is 7. The van der Waals surface area contributed by atoms with E-state index in [-0.39, 0.29) is 12.3 Å². The quantitative estimate of drug-likeness (QED) is 0.437. The summed E-state index contributed by atoms with van der Waals surface area (Å²) in [6, 6.07) is 14.6. The molecule has 2 aromatic carbocycles. The predicted molar refractivity (Wildman–Crippen MR) is 106 cm³/mol. The minimum Gasteiger partial charge on any atom is -0.534 e. The Morgan fingerprint density at radius 2 is 2.00 bits per heavy atom. The molecule has 6 nitrogen and oxygen atoms in total. The molecule has 0 saturated heterocycles. The molecule has 3 rings (SSSR count). The molecule has 0 fully saturated rings. The molecule has 146 valence electrons. The second kappa shape index (κ2) is 9.42. The van der Waals surface area contributed by atoms with Crippen LogP contribution < -0.4 is 9.97 Å². The Bertz CT molecular complexity index is 827. The van der Waals surface area contributed by atoms with Crippen LogP contribution in [0.2, 0.25) is 0 Å². The zero-order valence-electron chi connectivity index (χ0n) is 15.9. The number of nitrogens with one attached hydrogen (secondary N) is 1. The third-order valence-corrected chi connectivity index (χ3v) is 4.62. The summed E-state index contributed by atoms with van der Waals surface area (Å²) >= 11 is 0. The van der Waals surface area contributed by atoms with Gasteiger partial charge in [-0.25, -0.2) is 4.79 Å². The van der Waals surface area contributed by atoms with Gasteiger partial charge in [-0.05, 0) is 30.0 Å². The van der Waals surface area contributed by atoms with Gasteiger partial charge in [0, 0.05) is 0 Å². The topological polar surface area (TPSA) is 84.9 Å². The number of hydrogen-bond acceptors (Lipinski definition) is 5. The predicted octanol–water partition coefficient (Wildman–Crippen LogP) is 2.33. The van der Waals surface area contributed by atoms with Crippen LogP contribution in [0, 0.1) is 0 Å². The van der Waals surface area contributed by atoms with Gasteiger partial charge in [0.15, 0.2) is 0 Å². The Hall–Kier alpha value is -2.80. The number of amides is 1. The normalized spacial score (nSPS) is 15.4. The first-order valence-electron chi connectivity index (χ1n) is 9.55. The van der Waals surface area contributed by atoms with Crippen LogP contribution >= 0.6 is 0 Å². The van der Waals surface area contributed by atoms with Crippen LogP contribution in [-0.4, -0.2) is 36.6 Å². The first-order chi connectivity index (χ1) is 13.6. The van der Waals surface area contributed by atoms with E-state index in [1.807, 2.05) is 43.3 Å². The number of unbranched alkanes of at least 4 members (excludes halogenated alkanes) is 1. The first kappa shape index (κ1) is 20.0. The van der Waals surface area contributed by atoms with Gasteiger partial charge in [-0.3, -0.25) is 4.79 Å². The average molecular weight is 381 g/mol. The van der Waals surface area contributed by atoms with E-state index in [1.165, 1.54) is 0 Å². The van der Waals surface area contributed by atoms with E-state index in [0.29, 0.717) is 24.3 Å². The minimum atomic E-state index is -1.24. The van der Waals surface area contributed by atoms with Gasteiger partial charge in [0.25, 0.3) is 0 Å². The van der Waals surface area contributed by atoms with Gasteiger partial charge in [-0.2, -0.15) is 0 Å². The largest absolute Gasteiger partial charge is 0.547 e. The van der Waals surface area contributed by atoms with E-state index in [2.05, 4.69) is 5.32 Å². The van der Waals surface area contributed by atoms with Crippen molar-refractivity contribution in [2.75, 3.05) is 6.61 Å². The van der Waals surface area contributed by atoms with Gasteiger partial charge >= 0.3 is 13.1 Å². The molecule has 0 bridgehead atoms. The molecule has 1 aliphatic rings. The molecule has 7 heteroatoms. The Morgan fingerprint density at radius 1 is 1.21 bits per heavy atom. The van der Waals surface area contributed by atoms with Crippen LogP contribution in [0.25, 0.3) is 0 Å². The van der Waals surface area contributed by atoms with Crippen LogP contribution in [0.3, 0.4) is 0 Å². The van der Waals surface area contributed by atoms with Crippen molar-refractivity contribution in [2.45, 2.75) is 38.5 Å². The number of ether oxygens (including phenoxy) is 1. The molecule has 0 unspecified atom stereocenters. The van der Waals surface area contributed by atoms with Gasteiger partial charge in [0.05, 0.1) is 19.0 Å². The van der Waals surface area contributed by atoms with E-state index in [1.54, 1.807) is 12.1 Å². The third kappa shape index (κ3) is 4.92. The molecular weight excluding hydrogens is 357 g/mol. The lowest BCUT2D eigenvalue weighted by molar-refractivity contribution is -0.120. The molecule has 1 amide bonds. The Kier molecular flexibility index (Phi) is 6.71. The number of para-hydroxylation sites is 1. The summed E-state index contributed by atoms with van der Waals surface area (Å²) in [5.41, 5.74) is 1.94. The fourth-order valence-electron chi connectivity index (χ4n) is 3.13. The molecule has 28 heavy (non-hydrogen) atoms. The van der Waals surface area contributed by atoms with Gasteiger partial charge in [-0.15, -0.1) is 0 Å². The Labute approximate surface area is 165 Å². The number of hydrogen-bond donors (Lipinski definition) is 2. The van der Waals surface area contributed by atoms with Crippen LogP contribution in [0.5, 0.6) is 5.75 Å². The Balaban J connectivity index is 1.66. The zero-order chi connectivity index (χ0) is 19.9. The summed E-state index contributed by atoms with van der Waals surface area (Å²) in [6.07, 6.45) is 2.31. The summed E-state index contributed by atoms with van der Waals surface area (Å²) < 4.78 is 10.9. The number of fused-ring (bicyclic) bond motifs is 1. The van der Waals surface area contributed by atoms with Crippen LogP contribution in [0.15, 0.2) is 48.5 Å². The second-order valence-electron chi connectivity index (χ2n) is 6.83. The molecule has 0 aromatic heterocycles. The lowest BCUT2D eigenvalue weighted by Gasteiger charge is -2.29. The Morgan fingerprint density at radius 3 is 2.75 bits per heavy atom. The molecule has 2 N–H and O–H groups in total. The van der Waals surface area contributed by atoms with Gasteiger partial charge in [0.1, 0.15) is 11.3 Å². The summed E-state index contributed by atoms with van der Waals surface area (Å²) in [6.45, 7) is 2.36. The van der Waals surface area contributed by atoms with E-state index >= 15 is 0 Å². The highest BCUT2D eigenvalue weighted by atomic mass is 16.5. The van der Waals surface area contributed by atoms with Crippen molar-refractivity contribution in [2.24, 2.45) is 0 Å². The zero-order valence-corrected chi connectivity index (χ0v) is 15.9. The number of carbonyl (C=O) groups excluding carboxylic acids is 2. The van der Waals surface area contributed by atoms with E-state index in [4.69, 9.17) is 9.39 Å². The number of benzene rings is 2. The molecule has 0 saturated carbocycles. The summed E-state index contributed by atoms with van der Waals surface area (Å²) in [7, 11) is -1.24. The van der Waals surface area contributed by atoms with Crippen molar-refractivity contribution < 1.29 is 24.0 Å². The molecule has 2 aromatic rings. The van der Waals surface area contributed by atoms with Crippen molar-refractivity contribution in [3.05, 3.63) is 65.2 Å². The molecule has 0 spiro atoms. The smallest absolute Gasteiger partial charge is 0.534 e.